The zero-order valence-corrected chi connectivity index (χ0v) is 20.9. The van der Waals surface area contributed by atoms with E-state index >= 15 is 0 Å². The Hall–Kier alpha value is -0.300. The van der Waals surface area contributed by atoms with Crippen LogP contribution in [-0.4, -0.2) is 13.2 Å². The van der Waals surface area contributed by atoms with Crippen LogP contribution in [0.25, 0.3) is 0 Å². The second-order valence-corrected chi connectivity index (χ2v) is 9.23. The Morgan fingerprint density at radius 2 is 0.833 bits per heavy atom. The van der Waals surface area contributed by atoms with E-state index in [1.165, 1.54) is 141 Å². The minimum atomic E-state index is 0.978. The standard InChI is InChI=1S/C29H57O/c1-3-5-7-9-11-13-14-15-16-17-18-19-21-23-25-27-29-30-28-26-24-22-20-12-10-8-6-4-2/h15-16H,2-14,17-29H2,1H3/b16-15-. The topological polar surface area (TPSA) is 9.23 Å². The summed E-state index contributed by atoms with van der Waals surface area (Å²) in [4.78, 5) is 0. The van der Waals surface area contributed by atoms with Crippen molar-refractivity contribution in [3.8, 4) is 0 Å². The zero-order valence-electron chi connectivity index (χ0n) is 20.9. The SMILES string of the molecule is [CH2]CCCCCCCCCCOCCCCCCCC/C=C\CCCCCCCC. The maximum absolute atomic E-state index is 5.80. The van der Waals surface area contributed by atoms with Crippen LogP contribution in [0.2, 0.25) is 0 Å². The molecular formula is C29H57O. The Morgan fingerprint density at radius 1 is 0.467 bits per heavy atom. The Balaban J connectivity index is 3.04. The van der Waals surface area contributed by atoms with Crippen LogP contribution >= 0.6 is 0 Å². The van der Waals surface area contributed by atoms with E-state index in [0.717, 1.165) is 19.6 Å². The molecule has 0 N–H and O–H groups in total. The summed E-state index contributed by atoms with van der Waals surface area (Å²) in [5, 5.41) is 0. The fourth-order valence-corrected chi connectivity index (χ4v) is 4.00. The van der Waals surface area contributed by atoms with Gasteiger partial charge in [-0.3, -0.25) is 0 Å². The van der Waals surface area contributed by atoms with Gasteiger partial charge in [-0.1, -0.05) is 135 Å². The van der Waals surface area contributed by atoms with Crippen LogP contribution in [0, 0.1) is 6.92 Å². The van der Waals surface area contributed by atoms with E-state index in [4.69, 9.17) is 4.74 Å². The third-order valence-electron chi connectivity index (χ3n) is 6.09. The molecular weight excluding hydrogens is 364 g/mol. The normalized spacial score (nSPS) is 11.7. The lowest BCUT2D eigenvalue weighted by Crippen LogP contribution is -1.97. The van der Waals surface area contributed by atoms with Gasteiger partial charge in [0.25, 0.3) is 0 Å². The van der Waals surface area contributed by atoms with Crippen molar-refractivity contribution < 1.29 is 4.74 Å². The molecule has 0 saturated carbocycles. The predicted octanol–water partition coefficient (Wildman–Crippen LogP) is 10.4. The first-order valence-corrected chi connectivity index (χ1v) is 13.9. The molecule has 0 aliphatic rings. The summed E-state index contributed by atoms with van der Waals surface area (Å²) < 4.78 is 5.80. The quantitative estimate of drug-likeness (QED) is 0.0996. The van der Waals surface area contributed by atoms with E-state index in [9.17, 15) is 0 Å². The first-order valence-electron chi connectivity index (χ1n) is 13.9. The molecule has 0 aromatic heterocycles. The maximum Gasteiger partial charge on any atom is 0.0466 e. The number of unbranched alkanes of at least 4 members (excludes halogenated alkanes) is 20. The molecule has 1 radical (unpaired) electrons. The molecule has 0 heterocycles. The van der Waals surface area contributed by atoms with Crippen molar-refractivity contribution in [1.29, 1.82) is 0 Å². The first kappa shape index (κ1) is 29.7. The van der Waals surface area contributed by atoms with Gasteiger partial charge in [0.1, 0.15) is 0 Å². The van der Waals surface area contributed by atoms with Gasteiger partial charge in [-0.15, -0.1) is 0 Å². The summed E-state index contributed by atoms with van der Waals surface area (Å²) in [7, 11) is 0. The van der Waals surface area contributed by atoms with Crippen molar-refractivity contribution in [3.63, 3.8) is 0 Å². The van der Waals surface area contributed by atoms with Gasteiger partial charge in [0.15, 0.2) is 0 Å². The zero-order chi connectivity index (χ0) is 21.8. The van der Waals surface area contributed by atoms with Gasteiger partial charge >= 0.3 is 0 Å². The van der Waals surface area contributed by atoms with Crippen LogP contribution in [0.5, 0.6) is 0 Å². The first-order chi connectivity index (χ1) is 14.9. The van der Waals surface area contributed by atoms with Crippen LogP contribution < -0.4 is 0 Å². The molecule has 0 aromatic carbocycles. The minimum Gasteiger partial charge on any atom is -0.381 e. The third-order valence-corrected chi connectivity index (χ3v) is 6.09. The van der Waals surface area contributed by atoms with Crippen molar-refractivity contribution in [2.45, 2.75) is 155 Å². The van der Waals surface area contributed by atoms with Gasteiger partial charge in [0, 0.05) is 13.2 Å². The summed E-state index contributed by atoms with van der Waals surface area (Å²) in [5.41, 5.74) is 0. The van der Waals surface area contributed by atoms with Crippen molar-refractivity contribution >= 4 is 0 Å². The van der Waals surface area contributed by atoms with E-state index in [0.29, 0.717) is 0 Å². The average Bonchev–Trinajstić information content (AvgIpc) is 2.76. The van der Waals surface area contributed by atoms with E-state index in [1.54, 1.807) is 0 Å². The molecule has 0 rings (SSSR count). The molecule has 0 saturated heterocycles. The van der Waals surface area contributed by atoms with Gasteiger partial charge in [0.05, 0.1) is 0 Å². The van der Waals surface area contributed by atoms with Crippen LogP contribution in [0.4, 0.5) is 0 Å². The molecule has 0 unspecified atom stereocenters. The monoisotopic (exact) mass is 421 g/mol. The highest BCUT2D eigenvalue weighted by molar-refractivity contribution is 4.81. The Kier molecular flexibility index (Phi) is 28.4. The molecule has 0 aromatic rings. The lowest BCUT2D eigenvalue weighted by atomic mass is 10.1. The van der Waals surface area contributed by atoms with Crippen molar-refractivity contribution in [3.05, 3.63) is 19.1 Å². The number of rotatable bonds is 26. The highest BCUT2D eigenvalue weighted by atomic mass is 16.5. The molecule has 0 aliphatic heterocycles. The van der Waals surface area contributed by atoms with Crippen LogP contribution in [0.3, 0.4) is 0 Å². The fraction of sp³-hybridized carbons (Fsp3) is 0.897. The van der Waals surface area contributed by atoms with E-state index in [1.807, 2.05) is 0 Å². The molecule has 179 valence electrons. The van der Waals surface area contributed by atoms with Crippen LogP contribution in [0.1, 0.15) is 155 Å². The molecule has 0 spiro atoms. The number of hydrogen-bond acceptors (Lipinski definition) is 1. The third kappa shape index (κ3) is 27.7. The fourth-order valence-electron chi connectivity index (χ4n) is 4.00. The Labute approximate surface area is 191 Å². The van der Waals surface area contributed by atoms with Gasteiger partial charge in [-0.05, 0) is 38.5 Å². The van der Waals surface area contributed by atoms with E-state index < -0.39 is 0 Å². The van der Waals surface area contributed by atoms with Crippen molar-refractivity contribution in [1.82, 2.24) is 0 Å². The molecule has 0 amide bonds. The lowest BCUT2D eigenvalue weighted by Gasteiger charge is -2.05. The summed E-state index contributed by atoms with van der Waals surface area (Å²) in [6.45, 7) is 8.15. The second kappa shape index (κ2) is 28.7. The lowest BCUT2D eigenvalue weighted by molar-refractivity contribution is 0.125. The van der Waals surface area contributed by atoms with Crippen LogP contribution in [0.15, 0.2) is 12.2 Å². The molecule has 0 bridgehead atoms. The van der Waals surface area contributed by atoms with Crippen LogP contribution in [-0.2, 0) is 4.74 Å². The average molecular weight is 422 g/mol. The van der Waals surface area contributed by atoms with E-state index in [-0.39, 0.29) is 0 Å². The summed E-state index contributed by atoms with van der Waals surface area (Å²) in [6.07, 6.45) is 36.1. The highest BCUT2D eigenvalue weighted by Gasteiger charge is 1.95. The van der Waals surface area contributed by atoms with Crippen molar-refractivity contribution in [2.75, 3.05) is 13.2 Å². The highest BCUT2D eigenvalue weighted by Crippen LogP contribution is 2.11. The predicted molar refractivity (Wildman–Crippen MR) is 137 cm³/mol. The smallest absolute Gasteiger partial charge is 0.0466 e. The Bertz CT molecular complexity index is 309. The molecule has 30 heavy (non-hydrogen) atoms. The molecule has 0 aliphatic carbocycles. The molecule has 1 nitrogen and oxygen atoms in total. The largest absolute Gasteiger partial charge is 0.381 e. The summed E-state index contributed by atoms with van der Waals surface area (Å²) in [5.74, 6) is 0. The van der Waals surface area contributed by atoms with E-state index in [2.05, 4.69) is 26.0 Å². The minimum absolute atomic E-state index is 0.978. The summed E-state index contributed by atoms with van der Waals surface area (Å²) >= 11 is 0. The van der Waals surface area contributed by atoms with Gasteiger partial charge < -0.3 is 4.74 Å². The Morgan fingerprint density at radius 3 is 1.27 bits per heavy atom. The summed E-state index contributed by atoms with van der Waals surface area (Å²) in [6, 6.07) is 0. The van der Waals surface area contributed by atoms with Gasteiger partial charge in [0.2, 0.25) is 0 Å². The van der Waals surface area contributed by atoms with Gasteiger partial charge in [-0.25, -0.2) is 0 Å². The second-order valence-electron chi connectivity index (χ2n) is 9.23. The number of allylic oxidation sites excluding steroid dienone is 2. The van der Waals surface area contributed by atoms with Gasteiger partial charge in [-0.2, -0.15) is 0 Å². The van der Waals surface area contributed by atoms with Crippen molar-refractivity contribution in [2.24, 2.45) is 0 Å². The number of hydrogen-bond donors (Lipinski definition) is 0. The maximum atomic E-state index is 5.80. The molecule has 0 fully saturated rings. The molecule has 1 heteroatoms. The number of ether oxygens (including phenoxy) is 1. The molecule has 0 atom stereocenters.